The van der Waals surface area contributed by atoms with E-state index < -0.39 is 0 Å². The Hall–Kier alpha value is -2.14. The third-order valence-corrected chi connectivity index (χ3v) is 6.00. The van der Waals surface area contributed by atoms with Crippen LogP contribution in [0.25, 0.3) is 0 Å². The molecule has 0 saturated carbocycles. The highest BCUT2D eigenvalue weighted by atomic mass is 35.5. The lowest BCUT2D eigenvalue weighted by molar-refractivity contribution is -0.138. The fraction of sp³-hybridized carbons (Fsp3) is 0.522. The SMILES string of the molecule is CCCCCCCCN1C(=O)CCC(C(=O)n2ccnc2)C1c1ccc(Cl)cc1. The van der Waals surface area contributed by atoms with Crippen LogP contribution in [0.2, 0.25) is 5.02 Å². The minimum Gasteiger partial charge on any atom is -0.335 e. The molecule has 0 radical (unpaired) electrons. The van der Waals surface area contributed by atoms with Gasteiger partial charge in [-0.3, -0.25) is 14.2 Å². The van der Waals surface area contributed by atoms with Crippen LogP contribution in [0.3, 0.4) is 0 Å². The van der Waals surface area contributed by atoms with Gasteiger partial charge >= 0.3 is 0 Å². The maximum absolute atomic E-state index is 13.2. The second kappa shape index (κ2) is 10.6. The predicted molar refractivity (Wildman–Crippen MR) is 115 cm³/mol. The second-order valence-corrected chi connectivity index (χ2v) is 8.24. The highest BCUT2D eigenvalue weighted by Crippen LogP contribution is 2.38. The molecule has 0 aliphatic carbocycles. The first-order valence-corrected chi connectivity index (χ1v) is 11.1. The van der Waals surface area contributed by atoms with E-state index >= 15 is 0 Å². The fourth-order valence-corrected chi connectivity index (χ4v) is 4.32. The Morgan fingerprint density at radius 2 is 1.86 bits per heavy atom. The van der Waals surface area contributed by atoms with Gasteiger partial charge in [-0.25, -0.2) is 4.98 Å². The molecule has 2 heterocycles. The number of aromatic nitrogens is 2. The van der Waals surface area contributed by atoms with E-state index in [0.717, 1.165) is 18.4 Å². The van der Waals surface area contributed by atoms with Gasteiger partial charge in [0, 0.05) is 30.4 Å². The van der Waals surface area contributed by atoms with Crippen LogP contribution in [0.1, 0.15) is 74.7 Å². The monoisotopic (exact) mass is 415 g/mol. The van der Waals surface area contributed by atoms with Crippen LogP contribution in [0.15, 0.2) is 43.0 Å². The lowest BCUT2D eigenvalue weighted by atomic mass is 9.83. The van der Waals surface area contributed by atoms with Crippen molar-refractivity contribution in [2.45, 2.75) is 64.3 Å². The fourth-order valence-electron chi connectivity index (χ4n) is 4.19. The Morgan fingerprint density at radius 1 is 1.14 bits per heavy atom. The number of imidazole rings is 1. The van der Waals surface area contributed by atoms with Crippen LogP contribution in [0.5, 0.6) is 0 Å². The first kappa shape index (κ1) is 21.6. The molecule has 2 unspecified atom stereocenters. The highest BCUT2D eigenvalue weighted by Gasteiger charge is 2.40. The molecule has 156 valence electrons. The molecule has 1 aromatic carbocycles. The van der Waals surface area contributed by atoms with E-state index in [-0.39, 0.29) is 23.8 Å². The molecule has 1 aliphatic rings. The first-order chi connectivity index (χ1) is 14.1. The van der Waals surface area contributed by atoms with Crippen LogP contribution in [-0.2, 0) is 4.79 Å². The van der Waals surface area contributed by atoms with Crippen molar-refractivity contribution in [3.8, 4) is 0 Å². The van der Waals surface area contributed by atoms with Gasteiger partial charge < -0.3 is 4.90 Å². The zero-order valence-electron chi connectivity index (χ0n) is 17.1. The van der Waals surface area contributed by atoms with Crippen molar-refractivity contribution in [1.29, 1.82) is 0 Å². The molecule has 1 amide bonds. The molecule has 1 aliphatic heterocycles. The minimum atomic E-state index is -0.289. The molecule has 29 heavy (non-hydrogen) atoms. The van der Waals surface area contributed by atoms with Crippen LogP contribution < -0.4 is 0 Å². The molecule has 0 N–H and O–H groups in total. The topological polar surface area (TPSA) is 55.2 Å². The molecular weight excluding hydrogens is 386 g/mol. The van der Waals surface area contributed by atoms with Crippen LogP contribution in [0, 0.1) is 5.92 Å². The number of hydrogen-bond donors (Lipinski definition) is 0. The molecule has 6 heteroatoms. The number of hydrogen-bond acceptors (Lipinski definition) is 3. The third-order valence-electron chi connectivity index (χ3n) is 5.75. The molecular formula is C23H30ClN3O2. The van der Waals surface area contributed by atoms with Crippen molar-refractivity contribution in [1.82, 2.24) is 14.5 Å². The number of halogens is 1. The van der Waals surface area contributed by atoms with Gasteiger partial charge in [-0.2, -0.15) is 0 Å². The smallest absolute Gasteiger partial charge is 0.237 e. The number of carbonyl (C=O) groups excluding carboxylic acids is 2. The molecule has 0 spiro atoms. The summed E-state index contributed by atoms with van der Waals surface area (Å²) in [5.74, 6) is -0.167. The summed E-state index contributed by atoms with van der Waals surface area (Å²) in [6.45, 7) is 2.90. The molecule has 5 nitrogen and oxygen atoms in total. The Labute approximate surface area is 178 Å². The lowest BCUT2D eigenvalue weighted by Crippen LogP contribution is -2.46. The second-order valence-electron chi connectivity index (χ2n) is 7.80. The van der Waals surface area contributed by atoms with Crippen molar-refractivity contribution in [3.63, 3.8) is 0 Å². The molecule has 0 bridgehead atoms. The molecule has 1 saturated heterocycles. The average Bonchev–Trinajstić information content (AvgIpc) is 3.26. The van der Waals surface area contributed by atoms with Crippen molar-refractivity contribution < 1.29 is 9.59 Å². The number of amides is 1. The Balaban J connectivity index is 1.80. The van der Waals surface area contributed by atoms with Gasteiger partial charge in [-0.05, 0) is 30.5 Å². The minimum absolute atomic E-state index is 0.0112. The molecule has 3 rings (SSSR count). The van der Waals surface area contributed by atoms with Gasteiger partial charge in [0.1, 0.15) is 6.33 Å². The van der Waals surface area contributed by atoms with Gasteiger partial charge in [0.05, 0.1) is 12.0 Å². The van der Waals surface area contributed by atoms with Crippen molar-refractivity contribution in [3.05, 3.63) is 53.6 Å². The summed E-state index contributed by atoms with van der Waals surface area (Å²) in [5, 5.41) is 0.649. The zero-order valence-corrected chi connectivity index (χ0v) is 17.9. The summed E-state index contributed by atoms with van der Waals surface area (Å²) in [5.41, 5.74) is 0.965. The summed E-state index contributed by atoms with van der Waals surface area (Å²) < 4.78 is 1.53. The van der Waals surface area contributed by atoms with E-state index in [2.05, 4.69) is 11.9 Å². The Morgan fingerprint density at radius 3 is 2.55 bits per heavy atom. The highest BCUT2D eigenvalue weighted by molar-refractivity contribution is 6.30. The summed E-state index contributed by atoms with van der Waals surface area (Å²) in [7, 11) is 0. The van der Waals surface area contributed by atoms with Crippen molar-refractivity contribution in [2.24, 2.45) is 5.92 Å². The number of rotatable bonds is 9. The van der Waals surface area contributed by atoms with Crippen LogP contribution >= 0.6 is 11.6 Å². The zero-order chi connectivity index (χ0) is 20.6. The predicted octanol–water partition coefficient (Wildman–Crippen LogP) is 5.52. The van der Waals surface area contributed by atoms with Gasteiger partial charge in [-0.1, -0.05) is 62.8 Å². The van der Waals surface area contributed by atoms with E-state index in [9.17, 15) is 9.59 Å². The Kier molecular flexibility index (Phi) is 7.87. The van der Waals surface area contributed by atoms with Crippen LogP contribution in [-0.4, -0.2) is 32.8 Å². The number of benzene rings is 1. The first-order valence-electron chi connectivity index (χ1n) is 10.7. The number of nitrogens with zero attached hydrogens (tertiary/aromatic N) is 3. The number of carbonyl (C=O) groups is 2. The largest absolute Gasteiger partial charge is 0.335 e. The van der Waals surface area contributed by atoms with Crippen LogP contribution in [0.4, 0.5) is 0 Å². The molecule has 2 aromatic rings. The average molecular weight is 416 g/mol. The van der Waals surface area contributed by atoms with E-state index in [1.165, 1.54) is 36.6 Å². The summed E-state index contributed by atoms with van der Waals surface area (Å²) >= 11 is 6.08. The van der Waals surface area contributed by atoms with Gasteiger partial charge in [0.15, 0.2) is 0 Å². The van der Waals surface area contributed by atoms with Crippen molar-refractivity contribution >= 4 is 23.4 Å². The molecule has 2 atom stereocenters. The maximum atomic E-state index is 13.2. The van der Waals surface area contributed by atoms with Gasteiger partial charge in [0.25, 0.3) is 0 Å². The molecule has 1 aromatic heterocycles. The third kappa shape index (κ3) is 5.47. The molecule has 1 fully saturated rings. The van der Waals surface area contributed by atoms with E-state index in [0.29, 0.717) is 24.4 Å². The number of unbranched alkanes of at least 4 members (excludes halogenated alkanes) is 5. The van der Waals surface area contributed by atoms with Gasteiger partial charge in [0.2, 0.25) is 11.8 Å². The normalized spacial score (nSPS) is 19.5. The summed E-state index contributed by atoms with van der Waals surface area (Å²) in [6, 6.07) is 7.27. The quantitative estimate of drug-likeness (QED) is 0.507. The summed E-state index contributed by atoms with van der Waals surface area (Å²) in [4.78, 5) is 31.9. The van der Waals surface area contributed by atoms with Gasteiger partial charge in [-0.15, -0.1) is 0 Å². The number of likely N-dealkylation sites (tertiary alicyclic amines) is 1. The summed E-state index contributed by atoms with van der Waals surface area (Å²) in [6.07, 6.45) is 12.8. The van der Waals surface area contributed by atoms with E-state index in [4.69, 9.17) is 11.6 Å². The lowest BCUT2D eigenvalue weighted by Gasteiger charge is -2.41. The van der Waals surface area contributed by atoms with Crippen molar-refractivity contribution in [2.75, 3.05) is 6.54 Å². The maximum Gasteiger partial charge on any atom is 0.237 e. The Bertz CT molecular complexity index is 789. The van der Waals surface area contributed by atoms with E-state index in [1.54, 1.807) is 12.4 Å². The standard InChI is InChI=1S/C23H30ClN3O2/c1-2-3-4-5-6-7-15-27-21(28)13-12-20(23(29)26-16-14-25-17-26)22(27)18-8-10-19(24)11-9-18/h8-11,14,16-17,20,22H,2-7,12-13,15H2,1H3. The number of piperidine rings is 1. The van der Waals surface area contributed by atoms with E-state index in [1.807, 2.05) is 29.2 Å².